The molecule has 0 bridgehead atoms. The number of fused-ring (bicyclic) bond motifs is 3. The minimum atomic E-state index is -1.13. The van der Waals surface area contributed by atoms with Crippen molar-refractivity contribution in [2.45, 2.75) is 35.5 Å². The van der Waals surface area contributed by atoms with Crippen LogP contribution in [0.25, 0.3) is 28.9 Å². The molecular formula is C36H31Cl2HfSi. The Kier molecular flexibility index (Phi) is 8.46. The largest absolute Gasteiger partial charge is 1.00 e. The van der Waals surface area contributed by atoms with Crippen LogP contribution in [0.4, 0.5) is 0 Å². The molecule has 3 aliphatic rings. The molecule has 0 aromatic heterocycles. The van der Waals surface area contributed by atoms with E-state index in [9.17, 15) is 0 Å². The van der Waals surface area contributed by atoms with Gasteiger partial charge < -0.3 is 24.8 Å². The molecule has 40 heavy (non-hydrogen) atoms. The van der Waals surface area contributed by atoms with Gasteiger partial charge in [0.25, 0.3) is 0 Å². The second kappa shape index (κ2) is 11.6. The van der Waals surface area contributed by atoms with Crippen LogP contribution >= 0.6 is 0 Å². The van der Waals surface area contributed by atoms with Gasteiger partial charge in [-0.25, -0.2) is 0 Å². The molecule has 3 unspecified atom stereocenters. The van der Waals surface area contributed by atoms with Gasteiger partial charge >= 0.3 is 244 Å². The third-order valence-electron chi connectivity index (χ3n) is 8.77. The monoisotopic (exact) mass is 741 g/mol. The van der Waals surface area contributed by atoms with Crippen molar-refractivity contribution in [2.24, 2.45) is 0 Å². The summed E-state index contributed by atoms with van der Waals surface area (Å²) in [6, 6.07) is 32.0. The Bertz CT molecular complexity index is 1680. The smallest absolute Gasteiger partial charge is 1.00 e. The number of benzene rings is 4. The summed E-state index contributed by atoms with van der Waals surface area (Å²) in [5.41, 5.74) is 16.4. The molecule has 0 saturated carbocycles. The van der Waals surface area contributed by atoms with Crippen molar-refractivity contribution < 1.29 is 49.2 Å². The van der Waals surface area contributed by atoms with E-state index < -0.39 is 8.80 Å². The summed E-state index contributed by atoms with van der Waals surface area (Å²) in [7, 11) is -1.13. The van der Waals surface area contributed by atoms with Gasteiger partial charge in [0.1, 0.15) is 0 Å². The SMILES string of the molecule is CC1=C(C2C=Cc3ccccc32)c2c(cc([SiH](C)C)c(C3C=Cc4ccccc43)c2-c2ccccc2)[CH]1[Hf+2].[Cl-].[Cl-]. The normalized spacial score (nSPS) is 19.8. The van der Waals surface area contributed by atoms with Crippen LogP contribution in [-0.4, -0.2) is 8.80 Å². The maximum atomic E-state index is 2.67. The Labute approximate surface area is 267 Å². The summed E-state index contributed by atoms with van der Waals surface area (Å²) in [6.07, 6.45) is 9.61. The fourth-order valence-electron chi connectivity index (χ4n) is 6.97. The first-order chi connectivity index (χ1) is 18.5. The number of hydrogen-bond donors (Lipinski definition) is 0. The van der Waals surface area contributed by atoms with Crippen LogP contribution in [0, 0.1) is 0 Å². The van der Waals surface area contributed by atoms with Gasteiger partial charge in [-0.15, -0.1) is 0 Å². The van der Waals surface area contributed by atoms with Crippen LogP contribution in [0.5, 0.6) is 0 Å². The second-order valence-electron chi connectivity index (χ2n) is 11.2. The summed E-state index contributed by atoms with van der Waals surface area (Å²) >= 11 is 1.13. The first-order valence-electron chi connectivity index (χ1n) is 13.8. The van der Waals surface area contributed by atoms with Crippen LogP contribution in [0.3, 0.4) is 0 Å². The second-order valence-corrected chi connectivity index (χ2v) is 16.2. The fraction of sp³-hybridized carbons (Fsp3) is 0.167. The Balaban J connectivity index is 0.00000161. The van der Waals surface area contributed by atoms with E-state index in [1.54, 1.807) is 27.5 Å². The van der Waals surface area contributed by atoms with Gasteiger partial charge in [0.2, 0.25) is 0 Å². The predicted molar refractivity (Wildman–Crippen MR) is 161 cm³/mol. The van der Waals surface area contributed by atoms with Gasteiger partial charge in [-0.2, -0.15) is 0 Å². The zero-order valence-electron chi connectivity index (χ0n) is 23.0. The number of allylic oxidation sites excluding steroid dienone is 4. The predicted octanol–water partition coefficient (Wildman–Crippen LogP) is 2.40. The Morgan fingerprint density at radius 3 is 1.82 bits per heavy atom. The number of hydrogen-bond acceptors (Lipinski definition) is 0. The molecule has 197 valence electrons. The molecule has 4 aromatic rings. The summed E-state index contributed by atoms with van der Waals surface area (Å²) in [6.45, 7) is 7.45. The van der Waals surface area contributed by atoms with Crippen molar-refractivity contribution >= 4 is 31.7 Å². The molecular weight excluding hydrogens is 710 g/mol. The third kappa shape index (κ3) is 4.52. The zero-order valence-corrected chi connectivity index (χ0v) is 29.2. The van der Waals surface area contributed by atoms with Crippen LogP contribution in [0.15, 0.2) is 103 Å². The topological polar surface area (TPSA) is 0 Å². The van der Waals surface area contributed by atoms with Crippen LogP contribution in [0.1, 0.15) is 61.4 Å². The fourth-order valence-corrected chi connectivity index (χ4v) is 9.80. The Morgan fingerprint density at radius 1 is 0.650 bits per heavy atom. The van der Waals surface area contributed by atoms with Gasteiger partial charge in [0.05, 0.1) is 0 Å². The Hall–Kier alpha value is -2.23. The zero-order chi connectivity index (χ0) is 26.0. The molecule has 0 spiro atoms. The van der Waals surface area contributed by atoms with Crippen LogP contribution < -0.4 is 30.0 Å². The van der Waals surface area contributed by atoms with Gasteiger partial charge in [-0.05, 0) is 0 Å². The van der Waals surface area contributed by atoms with Crippen LogP contribution in [-0.2, 0) is 24.4 Å². The van der Waals surface area contributed by atoms with E-state index in [1.807, 2.05) is 0 Å². The van der Waals surface area contributed by atoms with E-state index >= 15 is 0 Å². The van der Waals surface area contributed by atoms with Gasteiger partial charge in [-0.1, -0.05) is 0 Å². The molecule has 0 aliphatic heterocycles. The minimum absolute atomic E-state index is 0. The van der Waals surface area contributed by atoms with Crippen molar-refractivity contribution in [3.8, 4) is 11.1 Å². The van der Waals surface area contributed by atoms with E-state index in [0.717, 1.165) is 24.4 Å². The van der Waals surface area contributed by atoms with Gasteiger partial charge in [0, 0.05) is 0 Å². The third-order valence-corrected chi connectivity index (χ3v) is 13.2. The van der Waals surface area contributed by atoms with Crippen molar-refractivity contribution in [2.75, 3.05) is 0 Å². The summed E-state index contributed by atoms with van der Waals surface area (Å²) < 4.78 is 0.565. The molecule has 0 amide bonds. The standard InChI is InChI=1S/C36H31Si.2ClH.Hf/c1-23-21-27-22-32(37(2)3)36(31-20-18-25-12-8-10-16-29(25)31)34(26-13-5-4-6-14-26)35(27)33(23)30-19-17-24-11-7-9-15-28(24)30;;;/h4-22,30-31,37H,1-3H3;2*1H;/q;;;+2/p-2. The summed E-state index contributed by atoms with van der Waals surface area (Å²) in [5, 5.41) is 1.64. The van der Waals surface area contributed by atoms with Crippen LogP contribution in [0.2, 0.25) is 13.1 Å². The van der Waals surface area contributed by atoms with Crippen molar-refractivity contribution in [1.29, 1.82) is 0 Å². The number of halogens is 2. The van der Waals surface area contributed by atoms with Crippen molar-refractivity contribution in [3.63, 3.8) is 0 Å². The van der Waals surface area contributed by atoms with Crippen molar-refractivity contribution in [1.82, 2.24) is 0 Å². The first-order valence-corrected chi connectivity index (χ1v) is 18.7. The average molecular weight is 741 g/mol. The minimum Gasteiger partial charge on any atom is -1.00 e. The quantitative estimate of drug-likeness (QED) is 0.283. The molecule has 7 rings (SSSR count). The molecule has 3 atom stereocenters. The van der Waals surface area contributed by atoms with E-state index in [2.05, 4.69) is 129 Å². The maximum Gasteiger partial charge on any atom is -1.00 e. The van der Waals surface area contributed by atoms with Gasteiger partial charge in [0.15, 0.2) is 0 Å². The van der Waals surface area contributed by atoms with E-state index in [1.165, 1.54) is 38.9 Å². The molecule has 4 aromatic carbocycles. The molecule has 0 nitrogen and oxygen atoms in total. The van der Waals surface area contributed by atoms with E-state index in [0.29, 0.717) is 15.5 Å². The van der Waals surface area contributed by atoms with Crippen molar-refractivity contribution in [3.05, 3.63) is 142 Å². The Morgan fingerprint density at radius 2 is 1.20 bits per heavy atom. The molecule has 0 heterocycles. The number of rotatable bonds is 4. The van der Waals surface area contributed by atoms with E-state index in [-0.39, 0.29) is 24.8 Å². The maximum absolute atomic E-state index is 2.67. The average Bonchev–Trinajstić information content (AvgIpc) is 3.63. The molecule has 3 aliphatic carbocycles. The van der Waals surface area contributed by atoms with Gasteiger partial charge in [-0.3, -0.25) is 0 Å². The molecule has 0 saturated heterocycles. The molecule has 0 radical (unpaired) electrons. The van der Waals surface area contributed by atoms with E-state index in [4.69, 9.17) is 0 Å². The molecule has 0 N–H and O–H groups in total. The molecule has 0 fully saturated rings. The first kappa shape index (κ1) is 29.3. The summed E-state index contributed by atoms with van der Waals surface area (Å²) in [5.74, 6) is 0.630. The molecule has 4 heteroatoms. The summed E-state index contributed by atoms with van der Waals surface area (Å²) in [4.78, 5) is 0.